The van der Waals surface area contributed by atoms with E-state index in [0.29, 0.717) is 22.0 Å². The van der Waals surface area contributed by atoms with E-state index in [9.17, 15) is 8.42 Å². The van der Waals surface area contributed by atoms with Crippen molar-refractivity contribution in [2.24, 2.45) is 0 Å². The first-order valence-electron chi connectivity index (χ1n) is 7.32. The SMILES string of the molecule is CC(C)NCc1ccc(Br)c(S(=O)(=O)N(C)C2CCC2)c1. The molecule has 6 heteroatoms. The molecule has 0 heterocycles. The fourth-order valence-corrected chi connectivity index (χ4v) is 4.67. The van der Waals surface area contributed by atoms with Gasteiger partial charge in [0, 0.05) is 30.1 Å². The minimum atomic E-state index is -3.43. The van der Waals surface area contributed by atoms with Gasteiger partial charge in [-0.15, -0.1) is 0 Å². The Kier molecular flexibility index (Phi) is 5.46. The number of sulfonamides is 1. The number of hydrogen-bond acceptors (Lipinski definition) is 3. The van der Waals surface area contributed by atoms with E-state index in [2.05, 4.69) is 35.1 Å². The molecule has 0 atom stereocenters. The van der Waals surface area contributed by atoms with E-state index in [1.807, 2.05) is 12.1 Å². The molecule has 1 saturated carbocycles. The third kappa shape index (κ3) is 3.86. The lowest BCUT2D eigenvalue weighted by molar-refractivity contribution is 0.249. The highest BCUT2D eigenvalue weighted by Crippen LogP contribution is 2.31. The van der Waals surface area contributed by atoms with Gasteiger partial charge in [-0.1, -0.05) is 26.3 Å². The molecule has 0 bridgehead atoms. The normalized spacial score (nSPS) is 16.5. The first kappa shape index (κ1) is 16.9. The van der Waals surface area contributed by atoms with Crippen molar-refractivity contribution in [3.8, 4) is 0 Å². The average Bonchev–Trinajstić information content (AvgIpc) is 2.35. The van der Waals surface area contributed by atoms with Crippen LogP contribution in [0.4, 0.5) is 0 Å². The summed E-state index contributed by atoms with van der Waals surface area (Å²) in [5.74, 6) is 0. The Morgan fingerprint density at radius 3 is 2.57 bits per heavy atom. The zero-order valence-electron chi connectivity index (χ0n) is 12.8. The summed E-state index contributed by atoms with van der Waals surface area (Å²) in [5, 5.41) is 3.31. The van der Waals surface area contributed by atoms with Crippen LogP contribution >= 0.6 is 15.9 Å². The van der Waals surface area contributed by atoms with Crippen molar-refractivity contribution in [1.29, 1.82) is 0 Å². The number of nitrogens with one attached hydrogen (secondary N) is 1. The Morgan fingerprint density at radius 2 is 2.05 bits per heavy atom. The molecule has 118 valence electrons. The van der Waals surface area contributed by atoms with Crippen molar-refractivity contribution in [3.05, 3.63) is 28.2 Å². The molecule has 1 fully saturated rings. The molecule has 0 aliphatic heterocycles. The predicted molar refractivity (Wildman–Crippen MR) is 88.7 cm³/mol. The van der Waals surface area contributed by atoms with Gasteiger partial charge in [0.25, 0.3) is 0 Å². The van der Waals surface area contributed by atoms with Crippen molar-refractivity contribution < 1.29 is 8.42 Å². The summed E-state index contributed by atoms with van der Waals surface area (Å²) in [6.45, 7) is 4.81. The molecule has 0 saturated heterocycles. The van der Waals surface area contributed by atoms with Gasteiger partial charge in [-0.2, -0.15) is 4.31 Å². The fourth-order valence-electron chi connectivity index (χ4n) is 2.28. The topological polar surface area (TPSA) is 49.4 Å². The molecule has 21 heavy (non-hydrogen) atoms. The van der Waals surface area contributed by atoms with Crippen LogP contribution in [0.1, 0.15) is 38.7 Å². The molecule has 1 aromatic carbocycles. The molecular weight excluding hydrogens is 352 g/mol. The summed E-state index contributed by atoms with van der Waals surface area (Å²) in [6, 6.07) is 6.05. The second-order valence-corrected chi connectivity index (χ2v) is 8.73. The molecule has 1 aromatic rings. The van der Waals surface area contributed by atoms with Crippen LogP contribution in [0, 0.1) is 0 Å². The Bertz CT molecular complexity index is 598. The van der Waals surface area contributed by atoms with Crippen LogP contribution in [-0.4, -0.2) is 31.9 Å². The van der Waals surface area contributed by atoms with Gasteiger partial charge in [-0.25, -0.2) is 8.42 Å². The Morgan fingerprint density at radius 1 is 1.38 bits per heavy atom. The highest BCUT2D eigenvalue weighted by molar-refractivity contribution is 9.10. The van der Waals surface area contributed by atoms with Crippen LogP contribution in [0.5, 0.6) is 0 Å². The number of halogens is 1. The molecule has 0 aromatic heterocycles. The third-order valence-corrected chi connectivity index (χ3v) is 6.86. The summed E-state index contributed by atoms with van der Waals surface area (Å²) in [6.07, 6.45) is 3.04. The Hall–Kier alpha value is -0.430. The van der Waals surface area contributed by atoms with Gasteiger partial charge in [0.05, 0.1) is 4.90 Å². The number of hydrogen-bond donors (Lipinski definition) is 1. The van der Waals surface area contributed by atoms with Crippen LogP contribution in [-0.2, 0) is 16.6 Å². The molecule has 1 N–H and O–H groups in total. The Balaban J connectivity index is 2.26. The molecule has 4 nitrogen and oxygen atoms in total. The number of nitrogens with zero attached hydrogens (tertiary/aromatic N) is 1. The zero-order valence-corrected chi connectivity index (χ0v) is 15.2. The molecule has 1 aliphatic carbocycles. The smallest absolute Gasteiger partial charge is 0.244 e. The lowest BCUT2D eigenvalue weighted by Crippen LogP contribution is -2.41. The first-order valence-corrected chi connectivity index (χ1v) is 9.55. The molecule has 0 spiro atoms. The van der Waals surface area contributed by atoms with E-state index < -0.39 is 10.0 Å². The fraction of sp³-hybridized carbons (Fsp3) is 0.600. The van der Waals surface area contributed by atoms with Crippen LogP contribution in [0.15, 0.2) is 27.6 Å². The standard InChI is InChI=1S/C15H23BrN2O2S/c1-11(2)17-10-12-7-8-14(16)15(9-12)21(19,20)18(3)13-5-4-6-13/h7-9,11,13,17H,4-6,10H2,1-3H3. The maximum absolute atomic E-state index is 12.8. The van der Waals surface area contributed by atoms with E-state index in [-0.39, 0.29) is 6.04 Å². The summed E-state index contributed by atoms with van der Waals surface area (Å²) in [7, 11) is -1.75. The maximum atomic E-state index is 12.8. The molecule has 0 amide bonds. The summed E-state index contributed by atoms with van der Waals surface area (Å²) >= 11 is 3.38. The Labute approximate surface area is 136 Å². The highest BCUT2D eigenvalue weighted by atomic mass is 79.9. The van der Waals surface area contributed by atoms with Gasteiger partial charge >= 0.3 is 0 Å². The molecule has 2 rings (SSSR count). The largest absolute Gasteiger partial charge is 0.310 e. The van der Waals surface area contributed by atoms with Crippen LogP contribution < -0.4 is 5.32 Å². The average molecular weight is 375 g/mol. The third-order valence-electron chi connectivity index (χ3n) is 3.96. The van der Waals surface area contributed by atoms with E-state index in [1.54, 1.807) is 13.1 Å². The van der Waals surface area contributed by atoms with Crippen molar-refractivity contribution in [2.45, 2.75) is 56.6 Å². The van der Waals surface area contributed by atoms with Gasteiger partial charge < -0.3 is 5.32 Å². The second-order valence-electron chi connectivity index (χ2n) is 5.91. The zero-order chi connectivity index (χ0) is 15.6. The van der Waals surface area contributed by atoms with Gasteiger partial charge in [0.2, 0.25) is 10.0 Å². The van der Waals surface area contributed by atoms with Crippen molar-refractivity contribution in [3.63, 3.8) is 0 Å². The summed E-state index contributed by atoms with van der Waals surface area (Å²) in [4.78, 5) is 0.361. The molecule has 0 radical (unpaired) electrons. The van der Waals surface area contributed by atoms with Crippen LogP contribution in [0.25, 0.3) is 0 Å². The first-order chi connectivity index (χ1) is 9.82. The van der Waals surface area contributed by atoms with E-state index in [1.165, 1.54) is 4.31 Å². The molecule has 0 unspecified atom stereocenters. The highest BCUT2D eigenvalue weighted by Gasteiger charge is 2.32. The monoisotopic (exact) mass is 374 g/mol. The van der Waals surface area contributed by atoms with E-state index >= 15 is 0 Å². The summed E-state index contributed by atoms with van der Waals surface area (Å²) in [5.41, 5.74) is 0.979. The maximum Gasteiger partial charge on any atom is 0.244 e. The van der Waals surface area contributed by atoms with E-state index in [4.69, 9.17) is 0 Å². The predicted octanol–water partition coefficient (Wildman–Crippen LogP) is 3.12. The summed E-state index contributed by atoms with van der Waals surface area (Å²) < 4.78 is 27.7. The van der Waals surface area contributed by atoms with Gasteiger partial charge in [-0.05, 0) is 46.5 Å². The molecule has 1 aliphatic rings. The van der Waals surface area contributed by atoms with Gasteiger partial charge in [0.1, 0.15) is 0 Å². The van der Waals surface area contributed by atoms with Gasteiger partial charge in [0.15, 0.2) is 0 Å². The minimum absolute atomic E-state index is 0.152. The second kappa shape index (κ2) is 6.77. The molecular formula is C15H23BrN2O2S. The van der Waals surface area contributed by atoms with Crippen LogP contribution in [0.2, 0.25) is 0 Å². The quantitative estimate of drug-likeness (QED) is 0.831. The number of rotatable bonds is 6. The van der Waals surface area contributed by atoms with Gasteiger partial charge in [-0.3, -0.25) is 0 Å². The number of benzene rings is 1. The van der Waals surface area contributed by atoms with E-state index in [0.717, 1.165) is 24.8 Å². The lowest BCUT2D eigenvalue weighted by Gasteiger charge is -2.34. The minimum Gasteiger partial charge on any atom is -0.310 e. The lowest BCUT2D eigenvalue weighted by atomic mass is 9.94. The van der Waals surface area contributed by atoms with Crippen LogP contribution in [0.3, 0.4) is 0 Å². The van der Waals surface area contributed by atoms with Crippen molar-refractivity contribution >= 4 is 26.0 Å². The van der Waals surface area contributed by atoms with Crippen molar-refractivity contribution in [2.75, 3.05) is 7.05 Å². The van der Waals surface area contributed by atoms with Crippen molar-refractivity contribution in [1.82, 2.24) is 9.62 Å².